The highest BCUT2D eigenvalue weighted by Crippen LogP contribution is 2.18. The lowest BCUT2D eigenvalue weighted by Gasteiger charge is -2.35. The number of hydrogen-bond acceptors (Lipinski definition) is 5. The van der Waals surface area contributed by atoms with E-state index in [1.807, 2.05) is 23.1 Å². The van der Waals surface area contributed by atoms with Gasteiger partial charge in [-0.05, 0) is 63.9 Å². The number of para-hydroxylation sites is 2. The third kappa shape index (κ3) is 4.31. The quantitative estimate of drug-likeness (QED) is 0.728. The average Bonchev–Trinajstić information content (AvgIpc) is 3.34. The van der Waals surface area contributed by atoms with Crippen LogP contribution >= 0.6 is 0 Å². The zero-order valence-electron chi connectivity index (χ0n) is 16.3. The molecule has 0 atom stereocenters. The fourth-order valence-corrected chi connectivity index (χ4v) is 4.37. The first-order chi connectivity index (χ1) is 13.7. The Labute approximate surface area is 164 Å². The van der Waals surface area contributed by atoms with E-state index in [0.717, 1.165) is 32.4 Å². The van der Waals surface area contributed by atoms with E-state index >= 15 is 0 Å². The molecule has 4 rings (SSSR count). The van der Waals surface area contributed by atoms with Crippen LogP contribution in [-0.2, 0) is 16.1 Å². The fraction of sp³-hybridized carbons (Fsp3) is 0.619. The highest BCUT2D eigenvalue weighted by Gasteiger charge is 2.27. The average molecular weight is 387 g/mol. The minimum Gasteiger partial charge on any atom is -0.408 e. The molecular formula is C21H29N3O4. The second-order valence-electron chi connectivity index (χ2n) is 7.75. The van der Waals surface area contributed by atoms with Crippen molar-refractivity contribution in [2.75, 3.05) is 39.4 Å². The molecule has 0 bridgehead atoms. The Bertz CT molecular complexity index is 847. The summed E-state index contributed by atoms with van der Waals surface area (Å²) < 4.78 is 12.2. The molecule has 0 aliphatic carbocycles. The number of aromatic nitrogens is 1. The minimum atomic E-state index is -0.474. The van der Waals surface area contributed by atoms with Crippen LogP contribution in [0.3, 0.4) is 0 Å². The molecule has 3 heterocycles. The van der Waals surface area contributed by atoms with Gasteiger partial charge in [0, 0.05) is 25.8 Å². The number of ether oxygens (including phenoxy) is 1. The SMILES string of the molecule is O=C(Cn1c(=O)oc2ccccc21)N(CCCN1CCCC1)C1CCOCC1. The first kappa shape index (κ1) is 19.2. The molecule has 152 valence electrons. The second-order valence-corrected chi connectivity index (χ2v) is 7.75. The van der Waals surface area contributed by atoms with Crippen LogP contribution in [0.4, 0.5) is 0 Å². The van der Waals surface area contributed by atoms with Gasteiger partial charge in [-0.2, -0.15) is 0 Å². The molecule has 1 amide bonds. The molecule has 0 N–H and O–H groups in total. The van der Waals surface area contributed by atoms with Crippen molar-refractivity contribution in [2.24, 2.45) is 0 Å². The number of hydrogen-bond donors (Lipinski definition) is 0. The number of amides is 1. The predicted molar refractivity (Wildman–Crippen MR) is 106 cm³/mol. The fourth-order valence-electron chi connectivity index (χ4n) is 4.37. The molecule has 0 unspecified atom stereocenters. The summed E-state index contributed by atoms with van der Waals surface area (Å²) in [5.41, 5.74) is 1.19. The van der Waals surface area contributed by atoms with Crippen LogP contribution in [-0.4, -0.2) is 65.7 Å². The number of benzene rings is 1. The Morgan fingerprint density at radius 1 is 1.14 bits per heavy atom. The number of carbonyl (C=O) groups excluding carboxylic acids is 1. The standard InChI is InChI=1S/C21H29N3O4/c25-20(16-24-18-6-1-2-7-19(18)28-21(24)26)23(17-8-14-27-15-9-17)13-5-12-22-10-3-4-11-22/h1-2,6-7,17H,3-5,8-16H2. The first-order valence-corrected chi connectivity index (χ1v) is 10.4. The molecule has 2 aliphatic heterocycles. The van der Waals surface area contributed by atoms with Crippen molar-refractivity contribution in [3.05, 3.63) is 34.8 Å². The maximum Gasteiger partial charge on any atom is 0.420 e. The van der Waals surface area contributed by atoms with Gasteiger partial charge in [0.2, 0.25) is 5.91 Å². The summed E-state index contributed by atoms with van der Waals surface area (Å²) in [4.78, 5) is 29.9. The van der Waals surface area contributed by atoms with Crippen LogP contribution in [0.15, 0.2) is 33.5 Å². The largest absolute Gasteiger partial charge is 0.420 e. The topological polar surface area (TPSA) is 67.9 Å². The number of oxazole rings is 1. The van der Waals surface area contributed by atoms with Gasteiger partial charge in [-0.1, -0.05) is 12.1 Å². The number of rotatable bonds is 7. The van der Waals surface area contributed by atoms with Crippen LogP contribution in [0.25, 0.3) is 11.1 Å². The van der Waals surface area contributed by atoms with Crippen LogP contribution in [0.1, 0.15) is 32.1 Å². The van der Waals surface area contributed by atoms with Gasteiger partial charge in [0.1, 0.15) is 6.54 Å². The lowest BCUT2D eigenvalue weighted by atomic mass is 10.1. The molecule has 2 saturated heterocycles. The molecule has 2 aliphatic rings. The second kappa shape index (κ2) is 8.92. The van der Waals surface area contributed by atoms with E-state index in [-0.39, 0.29) is 18.5 Å². The normalized spacial score (nSPS) is 18.7. The van der Waals surface area contributed by atoms with Crippen molar-refractivity contribution < 1.29 is 13.9 Å². The van der Waals surface area contributed by atoms with Gasteiger partial charge in [0.05, 0.1) is 5.52 Å². The van der Waals surface area contributed by atoms with E-state index < -0.39 is 5.76 Å². The third-order valence-electron chi connectivity index (χ3n) is 5.89. The van der Waals surface area contributed by atoms with Crippen LogP contribution in [0, 0.1) is 0 Å². The zero-order chi connectivity index (χ0) is 19.3. The van der Waals surface area contributed by atoms with Crippen LogP contribution in [0.2, 0.25) is 0 Å². The summed E-state index contributed by atoms with van der Waals surface area (Å²) in [6.45, 7) is 5.50. The number of fused-ring (bicyclic) bond motifs is 1. The van der Waals surface area contributed by atoms with Crippen molar-refractivity contribution >= 4 is 17.0 Å². The van der Waals surface area contributed by atoms with Crippen molar-refractivity contribution in [3.63, 3.8) is 0 Å². The minimum absolute atomic E-state index is 0.0121. The summed E-state index contributed by atoms with van der Waals surface area (Å²) in [7, 11) is 0. The summed E-state index contributed by atoms with van der Waals surface area (Å²) in [5, 5.41) is 0. The molecule has 28 heavy (non-hydrogen) atoms. The maximum absolute atomic E-state index is 13.2. The van der Waals surface area contributed by atoms with Gasteiger partial charge in [0.25, 0.3) is 0 Å². The van der Waals surface area contributed by atoms with Crippen molar-refractivity contribution in [3.8, 4) is 0 Å². The monoisotopic (exact) mass is 387 g/mol. The molecule has 7 heteroatoms. The molecule has 0 spiro atoms. The molecule has 0 saturated carbocycles. The number of likely N-dealkylation sites (tertiary alicyclic amines) is 1. The molecule has 1 aromatic heterocycles. The van der Waals surface area contributed by atoms with Gasteiger partial charge in [-0.15, -0.1) is 0 Å². The first-order valence-electron chi connectivity index (χ1n) is 10.4. The molecule has 0 radical (unpaired) electrons. The Morgan fingerprint density at radius 2 is 1.89 bits per heavy atom. The third-order valence-corrected chi connectivity index (χ3v) is 5.89. The van der Waals surface area contributed by atoms with Crippen molar-refractivity contribution in [2.45, 2.75) is 44.7 Å². The molecule has 7 nitrogen and oxygen atoms in total. The van der Waals surface area contributed by atoms with Gasteiger partial charge in [-0.25, -0.2) is 4.79 Å². The van der Waals surface area contributed by atoms with E-state index in [4.69, 9.17) is 9.15 Å². The number of nitrogens with zero attached hydrogens (tertiary/aromatic N) is 3. The predicted octanol–water partition coefficient (Wildman–Crippen LogP) is 2.09. The lowest BCUT2D eigenvalue weighted by Crippen LogP contribution is -2.46. The van der Waals surface area contributed by atoms with E-state index in [0.29, 0.717) is 24.3 Å². The smallest absolute Gasteiger partial charge is 0.408 e. The summed E-state index contributed by atoms with van der Waals surface area (Å²) in [5.74, 6) is -0.486. The molecule has 2 aromatic rings. The highest BCUT2D eigenvalue weighted by molar-refractivity contribution is 5.79. The highest BCUT2D eigenvalue weighted by atomic mass is 16.5. The van der Waals surface area contributed by atoms with Crippen LogP contribution in [0.5, 0.6) is 0 Å². The molecule has 1 aromatic carbocycles. The van der Waals surface area contributed by atoms with E-state index in [1.54, 1.807) is 6.07 Å². The molecular weight excluding hydrogens is 358 g/mol. The lowest BCUT2D eigenvalue weighted by molar-refractivity contribution is -0.136. The summed E-state index contributed by atoms with van der Waals surface area (Å²) in [6.07, 6.45) is 5.23. The summed E-state index contributed by atoms with van der Waals surface area (Å²) in [6, 6.07) is 7.44. The van der Waals surface area contributed by atoms with Crippen molar-refractivity contribution in [1.82, 2.24) is 14.4 Å². The van der Waals surface area contributed by atoms with Gasteiger partial charge < -0.3 is 19.0 Å². The Balaban J connectivity index is 1.46. The Kier molecular flexibility index (Phi) is 6.12. The van der Waals surface area contributed by atoms with Crippen LogP contribution < -0.4 is 5.76 Å². The number of carbonyl (C=O) groups is 1. The van der Waals surface area contributed by atoms with E-state index in [2.05, 4.69) is 4.90 Å². The van der Waals surface area contributed by atoms with E-state index in [9.17, 15) is 9.59 Å². The molecule has 2 fully saturated rings. The zero-order valence-corrected chi connectivity index (χ0v) is 16.3. The Morgan fingerprint density at radius 3 is 2.68 bits per heavy atom. The van der Waals surface area contributed by atoms with Crippen molar-refractivity contribution in [1.29, 1.82) is 0 Å². The maximum atomic E-state index is 13.2. The Hall–Kier alpha value is -2.12. The van der Waals surface area contributed by atoms with Gasteiger partial charge >= 0.3 is 5.76 Å². The summed E-state index contributed by atoms with van der Waals surface area (Å²) >= 11 is 0. The van der Waals surface area contributed by atoms with Gasteiger partial charge in [-0.3, -0.25) is 9.36 Å². The van der Waals surface area contributed by atoms with E-state index in [1.165, 1.54) is 30.5 Å². The van der Waals surface area contributed by atoms with Gasteiger partial charge in [0.15, 0.2) is 5.58 Å².